The zero-order valence-corrected chi connectivity index (χ0v) is 16.0. The lowest BCUT2D eigenvalue weighted by molar-refractivity contribution is -0.140. The number of carbonyl (C=O) groups excluding carboxylic acids is 2. The summed E-state index contributed by atoms with van der Waals surface area (Å²) in [5.74, 6) is -0.677. The van der Waals surface area contributed by atoms with Crippen molar-refractivity contribution < 1.29 is 18.0 Å². The fraction of sp³-hybridized carbons (Fsp3) is 0.529. The van der Waals surface area contributed by atoms with Gasteiger partial charge in [-0.15, -0.1) is 0 Å². The van der Waals surface area contributed by atoms with Gasteiger partial charge in [-0.05, 0) is 18.9 Å². The molecule has 1 N–H and O–H groups in total. The minimum atomic E-state index is -3.48. The predicted octanol–water partition coefficient (Wildman–Crippen LogP) is 0.821. The number of hydrogen-bond donors (Lipinski definition) is 1. The molecule has 0 aliphatic rings. The lowest BCUT2D eigenvalue weighted by Gasteiger charge is -2.30. The van der Waals surface area contributed by atoms with E-state index in [1.807, 2.05) is 37.3 Å². The Morgan fingerprint density at radius 2 is 1.80 bits per heavy atom. The second kappa shape index (κ2) is 9.53. The van der Waals surface area contributed by atoms with Gasteiger partial charge in [-0.2, -0.15) is 4.31 Å². The van der Waals surface area contributed by atoms with Crippen molar-refractivity contribution >= 4 is 21.8 Å². The van der Waals surface area contributed by atoms with Gasteiger partial charge in [-0.25, -0.2) is 8.42 Å². The second-order valence-electron chi connectivity index (χ2n) is 5.99. The van der Waals surface area contributed by atoms with E-state index in [4.69, 9.17) is 0 Å². The number of nitrogens with one attached hydrogen (secondary N) is 1. The van der Waals surface area contributed by atoms with Crippen LogP contribution in [0, 0.1) is 0 Å². The molecule has 0 aliphatic carbocycles. The summed E-state index contributed by atoms with van der Waals surface area (Å²) in [7, 11) is -2.14. The highest BCUT2D eigenvalue weighted by molar-refractivity contribution is 7.88. The average Bonchev–Trinajstić information content (AvgIpc) is 2.56. The van der Waals surface area contributed by atoms with Gasteiger partial charge in [0.2, 0.25) is 21.8 Å². The van der Waals surface area contributed by atoms with Crippen LogP contribution in [0.25, 0.3) is 0 Å². The topological polar surface area (TPSA) is 86.8 Å². The van der Waals surface area contributed by atoms with Crippen LogP contribution in [-0.2, 0) is 26.2 Å². The molecule has 0 aliphatic heterocycles. The molecule has 1 aromatic carbocycles. The molecule has 25 heavy (non-hydrogen) atoms. The third-order valence-electron chi connectivity index (χ3n) is 3.84. The summed E-state index contributed by atoms with van der Waals surface area (Å²) in [6.45, 7) is 4.04. The van der Waals surface area contributed by atoms with Crippen LogP contribution in [0.4, 0.5) is 0 Å². The number of hydrogen-bond acceptors (Lipinski definition) is 4. The number of benzene rings is 1. The van der Waals surface area contributed by atoms with E-state index < -0.39 is 22.0 Å². The van der Waals surface area contributed by atoms with E-state index in [-0.39, 0.29) is 19.0 Å². The maximum absolute atomic E-state index is 12.7. The first-order chi connectivity index (χ1) is 11.7. The quantitative estimate of drug-likeness (QED) is 0.698. The van der Waals surface area contributed by atoms with Crippen LogP contribution in [0.2, 0.25) is 0 Å². The number of likely N-dealkylation sites (N-methyl/N-ethyl adjacent to an activating group) is 1. The van der Waals surface area contributed by atoms with Crippen molar-refractivity contribution in [1.82, 2.24) is 14.5 Å². The van der Waals surface area contributed by atoms with Gasteiger partial charge in [0.15, 0.2) is 0 Å². The first-order valence-corrected chi connectivity index (χ1v) is 10.0. The molecule has 0 saturated carbocycles. The Kier molecular flexibility index (Phi) is 8.05. The van der Waals surface area contributed by atoms with E-state index in [1.54, 1.807) is 6.92 Å². The number of rotatable bonds is 9. The third-order valence-corrected chi connectivity index (χ3v) is 5.10. The Balaban J connectivity index is 2.97. The molecule has 0 heterocycles. The Morgan fingerprint density at radius 1 is 1.20 bits per heavy atom. The van der Waals surface area contributed by atoms with Gasteiger partial charge in [-0.3, -0.25) is 9.59 Å². The Morgan fingerprint density at radius 3 is 2.32 bits per heavy atom. The van der Waals surface area contributed by atoms with Gasteiger partial charge < -0.3 is 10.2 Å². The summed E-state index contributed by atoms with van der Waals surface area (Å²) in [4.78, 5) is 26.4. The van der Waals surface area contributed by atoms with Crippen molar-refractivity contribution in [1.29, 1.82) is 0 Å². The van der Waals surface area contributed by atoms with Crippen LogP contribution in [0.3, 0.4) is 0 Å². The molecule has 1 rings (SSSR count). The summed E-state index contributed by atoms with van der Waals surface area (Å²) in [6, 6.07) is 8.58. The molecule has 8 heteroatoms. The van der Waals surface area contributed by atoms with Gasteiger partial charge >= 0.3 is 0 Å². The highest BCUT2D eigenvalue weighted by Gasteiger charge is 2.28. The first-order valence-electron chi connectivity index (χ1n) is 8.19. The fourth-order valence-electron chi connectivity index (χ4n) is 2.16. The molecule has 0 saturated heterocycles. The van der Waals surface area contributed by atoms with Crippen molar-refractivity contribution in [3.8, 4) is 0 Å². The van der Waals surface area contributed by atoms with E-state index in [1.165, 1.54) is 11.9 Å². The molecular formula is C17H27N3O4S. The maximum atomic E-state index is 12.7. The third kappa shape index (κ3) is 6.83. The van der Waals surface area contributed by atoms with Crippen LogP contribution >= 0.6 is 0 Å². The molecule has 2 amide bonds. The Labute approximate surface area is 150 Å². The van der Waals surface area contributed by atoms with E-state index in [0.717, 1.165) is 22.5 Å². The monoisotopic (exact) mass is 369 g/mol. The van der Waals surface area contributed by atoms with Crippen molar-refractivity contribution in [2.75, 3.05) is 26.4 Å². The van der Waals surface area contributed by atoms with Crippen LogP contribution in [0.15, 0.2) is 30.3 Å². The second-order valence-corrected chi connectivity index (χ2v) is 8.08. The number of amides is 2. The number of sulfonamides is 1. The molecule has 7 nitrogen and oxygen atoms in total. The van der Waals surface area contributed by atoms with Crippen molar-refractivity contribution in [2.45, 2.75) is 32.9 Å². The van der Waals surface area contributed by atoms with Crippen LogP contribution < -0.4 is 5.32 Å². The zero-order chi connectivity index (χ0) is 19.0. The molecule has 0 unspecified atom stereocenters. The number of nitrogens with zero attached hydrogens (tertiary/aromatic N) is 2. The van der Waals surface area contributed by atoms with Gasteiger partial charge in [0.05, 0.1) is 12.8 Å². The molecule has 0 fully saturated rings. The van der Waals surface area contributed by atoms with Crippen molar-refractivity contribution in [2.24, 2.45) is 0 Å². The van der Waals surface area contributed by atoms with Crippen LogP contribution in [0.1, 0.15) is 25.8 Å². The summed E-state index contributed by atoms with van der Waals surface area (Å²) < 4.78 is 24.1. The Bertz CT molecular complexity index is 676. The standard InChI is InChI=1S/C17H27N3O4S/c1-5-11-18-17(22)14(2)20(12-15-9-7-6-8-10-15)16(21)13-19(3)25(4,23)24/h6-10,14H,5,11-13H2,1-4H3,(H,18,22)/t14-/m0/s1. The maximum Gasteiger partial charge on any atom is 0.242 e. The normalized spacial score (nSPS) is 12.7. The minimum Gasteiger partial charge on any atom is -0.354 e. The largest absolute Gasteiger partial charge is 0.354 e. The zero-order valence-electron chi connectivity index (χ0n) is 15.2. The van der Waals surface area contributed by atoms with Crippen molar-refractivity contribution in [3.63, 3.8) is 0 Å². The first kappa shape index (κ1) is 21.1. The summed E-state index contributed by atoms with van der Waals surface area (Å²) in [5.41, 5.74) is 0.869. The highest BCUT2D eigenvalue weighted by Crippen LogP contribution is 2.10. The molecule has 0 radical (unpaired) electrons. The fourth-order valence-corrected chi connectivity index (χ4v) is 2.50. The summed E-state index contributed by atoms with van der Waals surface area (Å²) in [5, 5.41) is 2.77. The molecule has 1 aromatic rings. The van der Waals surface area contributed by atoms with E-state index in [2.05, 4.69) is 5.32 Å². The minimum absolute atomic E-state index is 0.234. The van der Waals surface area contributed by atoms with E-state index in [0.29, 0.717) is 6.54 Å². The molecule has 0 bridgehead atoms. The van der Waals surface area contributed by atoms with Gasteiger partial charge in [0, 0.05) is 20.1 Å². The molecule has 0 aromatic heterocycles. The lowest BCUT2D eigenvalue weighted by Crippen LogP contribution is -2.50. The molecule has 1 atom stereocenters. The SMILES string of the molecule is CCCNC(=O)[C@H](C)N(Cc1ccccc1)C(=O)CN(C)S(C)(=O)=O. The van der Waals surface area contributed by atoms with Gasteiger partial charge in [0.1, 0.15) is 6.04 Å². The predicted molar refractivity (Wildman–Crippen MR) is 97.2 cm³/mol. The van der Waals surface area contributed by atoms with Gasteiger partial charge in [-0.1, -0.05) is 37.3 Å². The average molecular weight is 369 g/mol. The van der Waals surface area contributed by atoms with Crippen LogP contribution in [0.5, 0.6) is 0 Å². The molecule has 140 valence electrons. The van der Waals surface area contributed by atoms with E-state index >= 15 is 0 Å². The van der Waals surface area contributed by atoms with Crippen LogP contribution in [-0.4, -0.2) is 61.9 Å². The lowest BCUT2D eigenvalue weighted by atomic mass is 10.1. The molecule has 0 spiro atoms. The molecular weight excluding hydrogens is 342 g/mol. The van der Waals surface area contributed by atoms with Gasteiger partial charge in [0.25, 0.3) is 0 Å². The Hall–Kier alpha value is -1.93. The van der Waals surface area contributed by atoms with Crippen molar-refractivity contribution in [3.05, 3.63) is 35.9 Å². The highest BCUT2D eigenvalue weighted by atomic mass is 32.2. The van der Waals surface area contributed by atoms with E-state index in [9.17, 15) is 18.0 Å². The number of carbonyl (C=O) groups is 2. The summed E-state index contributed by atoms with van der Waals surface area (Å²) >= 11 is 0. The smallest absolute Gasteiger partial charge is 0.242 e. The summed E-state index contributed by atoms with van der Waals surface area (Å²) in [6.07, 6.45) is 1.83.